The highest BCUT2D eigenvalue weighted by molar-refractivity contribution is 7.97. The van der Waals surface area contributed by atoms with Crippen molar-refractivity contribution in [3.05, 3.63) is 29.8 Å². The summed E-state index contributed by atoms with van der Waals surface area (Å²) in [5, 5.41) is 0. The topological polar surface area (TPSA) is 9.23 Å². The third-order valence-electron chi connectivity index (χ3n) is 3.80. The van der Waals surface area contributed by atoms with Crippen LogP contribution in [0.3, 0.4) is 0 Å². The Morgan fingerprint density at radius 1 is 1.12 bits per heavy atom. The molecule has 1 aliphatic heterocycles. The van der Waals surface area contributed by atoms with Crippen molar-refractivity contribution >= 4 is 10.9 Å². The van der Waals surface area contributed by atoms with Crippen LogP contribution in [0.2, 0.25) is 0 Å². The molecule has 17 heavy (non-hydrogen) atoms. The van der Waals surface area contributed by atoms with Gasteiger partial charge in [0.15, 0.2) is 4.90 Å². The first kappa shape index (κ1) is 13.0. The second-order valence-corrected chi connectivity index (χ2v) is 7.55. The molecule has 2 heteroatoms. The monoisotopic (exact) mass is 251 g/mol. The molecule has 0 atom stereocenters. The second-order valence-electron chi connectivity index (χ2n) is 5.28. The van der Waals surface area contributed by atoms with Crippen LogP contribution in [0.1, 0.15) is 32.8 Å². The Kier molecular flexibility index (Phi) is 4.16. The van der Waals surface area contributed by atoms with Crippen molar-refractivity contribution in [1.29, 1.82) is 0 Å². The lowest BCUT2D eigenvalue weighted by molar-refractivity contribution is 0.159. The Balaban J connectivity index is 2.12. The molecule has 0 N–H and O–H groups in total. The molecule has 0 saturated carbocycles. The van der Waals surface area contributed by atoms with Gasteiger partial charge >= 0.3 is 0 Å². The molecule has 1 aliphatic rings. The maximum atomic E-state index is 5.42. The molecule has 0 aliphatic carbocycles. The zero-order valence-electron chi connectivity index (χ0n) is 11.2. The normalized spacial score (nSPS) is 18.3. The lowest BCUT2D eigenvalue weighted by Gasteiger charge is -2.23. The van der Waals surface area contributed by atoms with Crippen molar-refractivity contribution in [3.63, 3.8) is 0 Å². The smallest absolute Gasteiger partial charge is 0.155 e. The fourth-order valence-electron chi connectivity index (χ4n) is 2.06. The van der Waals surface area contributed by atoms with Gasteiger partial charge in [-0.1, -0.05) is 32.9 Å². The average Bonchev–Trinajstić information content (AvgIpc) is 2.40. The van der Waals surface area contributed by atoms with E-state index in [9.17, 15) is 0 Å². The molecule has 0 spiro atoms. The number of ether oxygens (including phenoxy) is 1. The highest BCUT2D eigenvalue weighted by Crippen LogP contribution is 2.28. The van der Waals surface area contributed by atoms with Crippen LogP contribution in [-0.2, 0) is 21.0 Å². The van der Waals surface area contributed by atoms with Crippen molar-refractivity contribution < 1.29 is 4.74 Å². The van der Waals surface area contributed by atoms with Gasteiger partial charge in [-0.05, 0) is 29.5 Å². The molecule has 0 bridgehead atoms. The fourth-order valence-corrected chi connectivity index (χ4v) is 3.90. The van der Waals surface area contributed by atoms with E-state index in [1.54, 1.807) is 0 Å². The molecule has 1 aromatic rings. The molecule has 94 valence electrons. The van der Waals surface area contributed by atoms with Gasteiger partial charge < -0.3 is 4.74 Å². The minimum Gasteiger partial charge on any atom is -0.372 e. The summed E-state index contributed by atoms with van der Waals surface area (Å²) in [6, 6.07) is 9.31. The van der Waals surface area contributed by atoms with Crippen molar-refractivity contribution in [1.82, 2.24) is 0 Å². The summed E-state index contributed by atoms with van der Waals surface area (Å²) in [5.41, 5.74) is 1.76. The van der Waals surface area contributed by atoms with Gasteiger partial charge in [-0.2, -0.15) is 0 Å². The van der Waals surface area contributed by atoms with Gasteiger partial charge in [0.05, 0.1) is 13.2 Å². The van der Waals surface area contributed by atoms with Crippen LogP contribution in [0.4, 0.5) is 0 Å². The summed E-state index contributed by atoms with van der Waals surface area (Å²) >= 11 is 0. The number of benzene rings is 1. The summed E-state index contributed by atoms with van der Waals surface area (Å²) in [6.07, 6.45) is 1.19. The van der Waals surface area contributed by atoms with Crippen LogP contribution in [0.5, 0.6) is 0 Å². The zero-order chi connectivity index (χ0) is 12.3. The van der Waals surface area contributed by atoms with Crippen LogP contribution in [0, 0.1) is 0 Å². The molecular weight excluding hydrogens is 228 g/mol. The molecule has 0 amide bonds. The van der Waals surface area contributed by atoms with E-state index in [2.05, 4.69) is 45.0 Å². The van der Waals surface area contributed by atoms with Crippen LogP contribution in [0.25, 0.3) is 0 Å². The first-order chi connectivity index (χ1) is 8.13. The Hall–Kier alpha value is -0.470. The lowest BCUT2D eigenvalue weighted by atomic mass is 9.82. The van der Waals surface area contributed by atoms with E-state index in [0.717, 1.165) is 13.2 Å². The van der Waals surface area contributed by atoms with E-state index >= 15 is 0 Å². The molecule has 2 rings (SSSR count). The van der Waals surface area contributed by atoms with E-state index in [0.29, 0.717) is 16.3 Å². The molecule has 1 fully saturated rings. The predicted molar refractivity (Wildman–Crippen MR) is 75.9 cm³/mol. The largest absolute Gasteiger partial charge is 0.372 e. The summed E-state index contributed by atoms with van der Waals surface area (Å²) < 4.78 is 5.42. The maximum Gasteiger partial charge on any atom is 0.155 e. The van der Waals surface area contributed by atoms with E-state index in [4.69, 9.17) is 4.74 Å². The minimum atomic E-state index is 0.303. The third kappa shape index (κ3) is 3.05. The van der Waals surface area contributed by atoms with Crippen molar-refractivity contribution in [3.8, 4) is 0 Å². The molecular formula is C15H23OS+. The highest BCUT2D eigenvalue weighted by Gasteiger charge is 2.26. The van der Waals surface area contributed by atoms with E-state index < -0.39 is 0 Å². The Labute approximate surface area is 108 Å². The fraction of sp³-hybridized carbons (Fsp3) is 0.600. The van der Waals surface area contributed by atoms with E-state index in [-0.39, 0.29) is 0 Å². The number of hydrogen-bond donors (Lipinski definition) is 0. The Morgan fingerprint density at radius 3 is 2.24 bits per heavy atom. The Morgan fingerprint density at radius 2 is 1.71 bits per heavy atom. The molecule has 1 aromatic carbocycles. The van der Waals surface area contributed by atoms with Crippen LogP contribution in [-0.4, -0.2) is 24.7 Å². The highest BCUT2D eigenvalue weighted by atomic mass is 32.2. The van der Waals surface area contributed by atoms with Gasteiger partial charge in [-0.15, -0.1) is 0 Å². The maximum absolute atomic E-state index is 5.42. The van der Waals surface area contributed by atoms with Gasteiger partial charge in [0.1, 0.15) is 11.5 Å². The quantitative estimate of drug-likeness (QED) is 0.748. The van der Waals surface area contributed by atoms with E-state index in [1.807, 2.05) is 0 Å². The first-order valence-electron chi connectivity index (χ1n) is 6.49. The number of hydrogen-bond acceptors (Lipinski definition) is 1. The van der Waals surface area contributed by atoms with Gasteiger partial charge in [0.2, 0.25) is 0 Å². The summed E-state index contributed by atoms with van der Waals surface area (Å²) in [7, 11) is 0.430. The van der Waals surface area contributed by atoms with Crippen LogP contribution < -0.4 is 0 Å². The third-order valence-corrected chi connectivity index (χ3v) is 6.06. The van der Waals surface area contributed by atoms with Crippen LogP contribution >= 0.6 is 0 Å². The molecule has 1 heterocycles. The standard InChI is InChI=1S/C15H23OS/c1-4-15(2,3)13-5-7-14(8-6-13)17-11-9-16-10-12-17/h5-8H,4,9-12H2,1-3H3/q+1. The zero-order valence-corrected chi connectivity index (χ0v) is 12.0. The van der Waals surface area contributed by atoms with Crippen LogP contribution in [0.15, 0.2) is 29.2 Å². The van der Waals surface area contributed by atoms with Gasteiger partial charge in [-0.25, -0.2) is 0 Å². The summed E-state index contributed by atoms with van der Waals surface area (Å²) in [6.45, 7) is 8.77. The van der Waals surface area contributed by atoms with Crippen molar-refractivity contribution in [2.24, 2.45) is 0 Å². The van der Waals surface area contributed by atoms with Crippen molar-refractivity contribution in [2.75, 3.05) is 24.7 Å². The molecule has 0 unspecified atom stereocenters. The lowest BCUT2D eigenvalue weighted by Crippen LogP contribution is -2.26. The molecule has 1 nitrogen and oxygen atoms in total. The van der Waals surface area contributed by atoms with Crippen molar-refractivity contribution in [2.45, 2.75) is 37.5 Å². The second kappa shape index (κ2) is 5.45. The number of rotatable bonds is 3. The molecule has 0 aromatic heterocycles. The minimum absolute atomic E-state index is 0.303. The molecule has 1 saturated heterocycles. The van der Waals surface area contributed by atoms with Gasteiger partial charge in [0, 0.05) is 10.9 Å². The molecule has 0 radical (unpaired) electrons. The SMILES string of the molecule is CCC(C)(C)c1ccc([S+]2CCOCC2)cc1. The average molecular weight is 251 g/mol. The van der Waals surface area contributed by atoms with Gasteiger partial charge in [0.25, 0.3) is 0 Å². The van der Waals surface area contributed by atoms with Gasteiger partial charge in [-0.3, -0.25) is 0 Å². The summed E-state index contributed by atoms with van der Waals surface area (Å²) in [4.78, 5) is 1.52. The predicted octanol–water partition coefficient (Wildman–Crippen LogP) is 3.38. The van der Waals surface area contributed by atoms with E-state index in [1.165, 1.54) is 28.4 Å². The first-order valence-corrected chi connectivity index (χ1v) is 8.05. The Bertz CT molecular complexity index is 350. The summed E-state index contributed by atoms with van der Waals surface area (Å²) in [5.74, 6) is 2.41.